The molecule has 3 heterocycles. The number of aryl methyl sites for hydroxylation is 1. The third-order valence-corrected chi connectivity index (χ3v) is 5.44. The highest BCUT2D eigenvalue weighted by Crippen LogP contribution is 2.37. The minimum atomic E-state index is -0.591. The van der Waals surface area contributed by atoms with Gasteiger partial charge in [-0.1, -0.05) is 11.6 Å². The van der Waals surface area contributed by atoms with Crippen LogP contribution in [-0.2, 0) is 11.3 Å². The molecule has 0 fully saturated rings. The first kappa shape index (κ1) is 18.1. The van der Waals surface area contributed by atoms with Gasteiger partial charge in [-0.05, 0) is 33.8 Å². The maximum absolute atomic E-state index is 12.9. The molecule has 0 saturated heterocycles. The smallest absolute Gasteiger partial charge is 0.415 e. The molecule has 5 nitrogen and oxygen atoms in total. The molecule has 0 N–H and O–H groups in total. The van der Waals surface area contributed by atoms with E-state index in [4.69, 9.17) is 16.3 Å². The first-order chi connectivity index (χ1) is 11.7. The second-order valence-corrected chi connectivity index (χ2v) is 8.80. The molecule has 8 heteroatoms. The maximum Gasteiger partial charge on any atom is 0.415 e. The molecule has 3 aromatic rings. The van der Waals surface area contributed by atoms with Crippen LogP contribution in [0.4, 0.5) is 10.5 Å². The number of hydrogen-bond donors (Lipinski definition) is 0. The number of fused-ring (bicyclic) bond motifs is 1. The summed E-state index contributed by atoms with van der Waals surface area (Å²) in [6.07, 6.45) is 1.31. The molecule has 0 radical (unpaired) electrons. The lowest BCUT2D eigenvalue weighted by atomic mass is 10.2. The SMILES string of the molecule is Cc1cc(N(Cc2nccs2)C(=O)OC(C)(C)C)c2scc(Cl)c2n1. The Balaban J connectivity index is 2.09. The van der Waals surface area contributed by atoms with Crippen LogP contribution in [-0.4, -0.2) is 21.7 Å². The Bertz CT molecular complexity index is 901. The zero-order valence-corrected chi connectivity index (χ0v) is 16.8. The molecule has 0 aliphatic heterocycles. The molecule has 3 aromatic heterocycles. The molecule has 0 unspecified atom stereocenters. The van der Waals surface area contributed by atoms with Crippen LogP contribution in [0.25, 0.3) is 10.2 Å². The number of amides is 1. The molecule has 132 valence electrons. The molecule has 0 spiro atoms. The van der Waals surface area contributed by atoms with Gasteiger partial charge in [-0.2, -0.15) is 0 Å². The second-order valence-electron chi connectivity index (χ2n) is 6.54. The Labute approximate surface area is 159 Å². The molecule has 0 bridgehead atoms. The van der Waals surface area contributed by atoms with Gasteiger partial charge in [-0.3, -0.25) is 9.88 Å². The molecule has 0 atom stereocenters. The van der Waals surface area contributed by atoms with Crippen molar-refractivity contribution in [3.8, 4) is 0 Å². The Hall–Kier alpha value is -1.70. The van der Waals surface area contributed by atoms with Crippen molar-refractivity contribution in [1.29, 1.82) is 0 Å². The Morgan fingerprint density at radius 2 is 2.12 bits per heavy atom. The van der Waals surface area contributed by atoms with E-state index in [-0.39, 0.29) is 0 Å². The summed E-state index contributed by atoms with van der Waals surface area (Å²) in [6, 6.07) is 1.88. The molecule has 0 saturated carbocycles. The van der Waals surface area contributed by atoms with Gasteiger partial charge in [0.1, 0.15) is 16.1 Å². The van der Waals surface area contributed by atoms with Gasteiger partial charge in [0.25, 0.3) is 0 Å². The topological polar surface area (TPSA) is 55.3 Å². The standard InChI is InChI=1S/C17H18ClN3O2S2/c1-10-7-12(15-14(20-10)11(18)9-25-15)21(8-13-19-5-6-24-13)16(22)23-17(2,3)4/h5-7,9H,8H2,1-4H3. The number of aromatic nitrogens is 2. The minimum absolute atomic E-state index is 0.334. The quantitative estimate of drug-likeness (QED) is 0.574. The van der Waals surface area contributed by atoms with Gasteiger partial charge < -0.3 is 4.74 Å². The molecule has 0 aromatic carbocycles. The lowest BCUT2D eigenvalue weighted by Crippen LogP contribution is -2.36. The number of nitrogens with zero attached hydrogens (tertiary/aromatic N) is 3. The average molecular weight is 396 g/mol. The van der Waals surface area contributed by atoms with E-state index < -0.39 is 11.7 Å². The highest BCUT2D eigenvalue weighted by Gasteiger charge is 2.27. The molecule has 1 amide bonds. The van der Waals surface area contributed by atoms with Crippen molar-refractivity contribution < 1.29 is 9.53 Å². The fraction of sp³-hybridized carbons (Fsp3) is 0.353. The van der Waals surface area contributed by atoms with Crippen LogP contribution in [0.15, 0.2) is 23.0 Å². The van der Waals surface area contributed by atoms with Gasteiger partial charge in [-0.15, -0.1) is 22.7 Å². The summed E-state index contributed by atoms with van der Waals surface area (Å²) in [5.74, 6) is 0. The molecule has 3 rings (SSSR count). The monoisotopic (exact) mass is 395 g/mol. The summed E-state index contributed by atoms with van der Waals surface area (Å²) in [7, 11) is 0. The number of thiophene rings is 1. The molecule has 0 aliphatic carbocycles. The first-order valence-electron chi connectivity index (χ1n) is 7.68. The highest BCUT2D eigenvalue weighted by atomic mass is 35.5. The van der Waals surface area contributed by atoms with E-state index in [0.29, 0.717) is 17.1 Å². The Morgan fingerprint density at radius 3 is 2.76 bits per heavy atom. The number of hydrogen-bond acceptors (Lipinski definition) is 6. The van der Waals surface area contributed by atoms with Crippen LogP contribution in [0.1, 0.15) is 31.5 Å². The number of halogens is 1. The van der Waals surface area contributed by atoms with Crippen LogP contribution in [0.5, 0.6) is 0 Å². The maximum atomic E-state index is 12.9. The van der Waals surface area contributed by atoms with E-state index >= 15 is 0 Å². The summed E-state index contributed by atoms with van der Waals surface area (Å²) < 4.78 is 6.47. The van der Waals surface area contributed by atoms with Crippen molar-refractivity contribution in [2.75, 3.05) is 4.90 Å². The second kappa shape index (κ2) is 6.90. The van der Waals surface area contributed by atoms with Gasteiger partial charge in [-0.25, -0.2) is 9.78 Å². The molecule has 0 aliphatic rings. The van der Waals surface area contributed by atoms with E-state index in [1.807, 2.05) is 44.5 Å². The summed E-state index contributed by atoms with van der Waals surface area (Å²) in [4.78, 5) is 23.3. The molecule has 25 heavy (non-hydrogen) atoms. The predicted molar refractivity (Wildman–Crippen MR) is 104 cm³/mol. The number of anilines is 1. The lowest BCUT2D eigenvalue weighted by molar-refractivity contribution is 0.0578. The summed E-state index contributed by atoms with van der Waals surface area (Å²) in [6.45, 7) is 7.76. The fourth-order valence-corrected chi connectivity index (χ4v) is 4.14. The average Bonchev–Trinajstić information content (AvgIpc) is 3.13. The van der Waals surface area contributed by atoms with Crippen molar-refractivity contribution in [1.82, 2.24) is 9.97 Å². The van der Waals surface area contributed by atoms with E-state index in [1.165, 1.54) is 22.7 Å². The van der Waals surface area contributed by atoms with Gasteiger partial charge in [0, 0.05) is 22.7 Å². The van der Waals surface area contributed by atoms with Gasteiger partial charge >= 0.3 is 6.09 Å². The minimum Gasteiger partial charge on any atom is -0.443 e. The number of rotatable bonds is 3. The number of carbonyl (C=O) groups excluding carboxylic acids is 1. The molecular formula is C17H18ClN3O2S2. The number of thiazole rings is 1. The Morgan fingerprint density at radius 1 is 1.36 bits per heavy atom. The number of ether oxygens (including phenoxy) is 1. The summed E-state index contributed by atoms with van der Waals surface area (Å²) in [5.41, 5.74) is 1.64. The highest BCUT2D eigenvalue weighted by molar-refractivity contribution is 7.18. The van der Waals surface area contributed by atoms with Crippen molar-refractivity contribution in [3.63, 3.8) is 0 Å². The van der Waals surface area contributed by atoms with Crippen LogP contribution < -0.4 is 4.90 Å². The van der Waals surface area contributed by atoms with Crippen molar-refractivity contribution >= 4 is 56.3 Å². The zero-order chi connectivity index (χ0) is 18.2. The summed E-state index contributed by atoms with van der Waals surface area (Å²) >= 11 is 9.21. The van der Waals surface area contributed by atoms with Gasteiger partial charge in [0.05, 0.1) is 22.0 Å². The van der Waals surface area contributed by atoms with Crippen LogP contribution >= 0.6 is 34.3 Å². The zero-order valence-electron chi connectivity index (χ0n) is 14.4. The van der Waals surface area contributed by atoms with E-state index in [9.17, 15) is 4.79 Å². The molecular weight excluding hydrogens is 378 g/mol. The number of carbonyl (C=O) groups is 1. The first-order valence-corrected chi connectivity index (χ1v) is 9.81. The predicted octanol–water partition coefficient (Wildman–Crippen LogP) is 5.66. The largest absolute Gasteiger partial charge is 0.443 e. The van der Waals surface area contributed by atoms with Gasteiger partial charge in [0.2, 0.25) is 0 Å². The van der Waals surface area contributed by atoms with Crippen molar-refractivity contribution in [2.45, 2.75) is 39.8 Å². The van der Waals surface area contributed by atoms with Crippen molar-refractivity contribution in [2.24, 2.45) is 0 Å². The van der Waals surface area contributed by atoms with Gasteiger partial charge in [0.15, 0.2) is 0 Å². The lowest BCUT2D eigenvalue weighted by Gasteiger charge is -2.27. The number of pyridine rings is 1. The summed E-state index contributed by atoms with van der Waals surface area (Å²) in [5, 5.41) is 5.14. The third kappa shape index (κ3) is 4.11. The fourth-order valence-electron chi connectivity index (χ4n) is 2.32. The normalized spacial score (nSPS) is 11.7. The van der Waals surface area contributed by atoms with Crippen LogP contribution in [0.2, 0.25) is 5.02 Å². The third-order valence-electron chi connectivity index (χ3n) is 3.27. The van der Waals surface area contributed by atoms with E-state index in [0.717, 1.165) is 21.1 Å². The van der Waals surface area contributed by atoms with E-state index in [2.05, 4.69) is 9.97 Å². The van der Waals surface area contributed by atoms with Crippen LogP contribution in [0, 0.1) is 6.92 Å². The Kier molecular flexibility index (Phi) is 4.99. The van der Waals surface area contributed by atoms with Crippen LogP contribution in [0.3, 0.4) is 0 Å². The van der Waals surface area contributed by atoms with Crippen molar-refractivity contribution in [3.05, 3.63) is 38.7 Å². The van der Waals surface area contributed by atoms with E-state index in [1.54, 1.807) is 11.1 Å².